The molecule has 0 radical (unpaired) electrons. The van der Waals surface area contributed by atoms with Crippen molar-refractivity contribution in [3.05, 3.63) is 76.8 Å². The number of nitro benzene ring substituents is 1. The Balaban J connectivity index is 1.71. The van der Waals surface area contributed by atoms with Crippen LogP contribution in [-0.2, 0) is 4.79 Å². The van der Waals surface area contributed by atoms with Crippen LogP contribution in [0.5, 0.6) is 11.5 Å². The first-order valence-electron chi connectivity index (χ1n) is 7.20. The largest absolute Gasteiger partial charge is 0.481 e. The summed E-state index contributed by atoms with van der Waals surface area (Å²) in [5.41, 5.74) is -0.268. The topological polar surface area (TPSA) is 78.7 Å². The fourth-order valence-corrected chi connectivity index (χ4v) is 2.30. The zero-order valence-corrected chi connectivity index (χ0v) is 12.5. The van der Waals surface area contributed by atoms with Gasteiger partial charge in [0.15, 0.2) is 6.61 Å². The molecule has 120 valence electrons. The van der Waals surface area contributed by atoms with Crippen molar-refractivity contribution in [1.29, 1.82) is 0 Å². The lowest BCUT2D eigenvalue weighted by Crippen LogP contribution is -2.18. The zero-order chi connectivity index (χ0) is 16.9. The predicted octanol–water partition coefficient (Wildman–Crippen LogP) is 3.73. The lowest BCUT2D eigenvalue weighted by atomic mass is 10.1. The van der Waals surface area contributed by atoms with Gasteiger partial charge in [-0.2, -0.15) is 0 Å². The highest BCUT2D eigenvalue weighted by Crippen LogP contribution is 2.27. The third-order valence-corrected chi connectivity index (χ3v) is 3.38. The smallest absolute Gasteiger partial charge is 0.349 e. The number of carbonyl (C=O) groups is 1. The van der Waals surface area contributed by atoms with Gasteiger partial charge < -0.3 is 9.47 Å². The molecule has 3 rings (SSSR count). The van der Waals surface area contributed by atoms with Crippen molar-refractivity contribution in [1.82, 2.24) is 0 Å². The Morgan fingerprint density at radius 2 is 1.58 bits per heavy atom. The second kappa shape index (κ2) is 6.78. The second-order valence-electron chi connectivity index (χ2n) is 4.96. The molecule has 0 aliphatic carbocycles. The molecule has 0 spiro atoms. The summed E-state index contributed by atoms with van der Waals surface area (Å²) in [7, 11) is 0. The van der Waals surface area contributed by atoms with Crippen LogP contribution in [0, 0.1) is 10.1 Å². The van der Waals surface area contributed by atoms with Gasteiger partial charge in [-0.05, 0) is 17.5 Å². The molecule has 0 bridgehead atoms. The first kappa shape index (κ1) is 15.5. The molecule has 0 N–H and O–H groups in total. The average Bonchev–Trinajstić information content (AvgIpc) is 2.60. The van der Waals surface area contributed by atoms with Crippen LogP contribution >= 0.6 is 0 Å². The van der Waals surface area contributed by atoms with Gasteiger partial charge in [0, 0.05) is 11.5 Å². The lowest BCUT2D eigenvalue weighted by Gasteiger charge is -2.09. The van der Waals surface area contributed by atoms with Gasteiger partial charge in [0.1, 0.15) is 5.75 Å². The molecule has 0 amide bonds. The monoisotopic (exact) mass is 323 g/mol. The van der Waals surface area contributed by atoms with E-state index in [0.29, 0.717) is 5.75 Å². The maximum atomic E-state index is 11.9. The van der Waals surface area contributed by atoms with E-state index in [1.807, 2.05) is 36.4 Å². The number of para-hydroxylation sites is 2. The van der Waals surface area contributed by atoms with Gasteiger partial charge in [0.05, 0.1) is 4.92 Å². The number of hydrogen-bond donors (Lipinski definition) is 0. The van der Waals surface area contributed by atoms with Crippen LogP contribution in [0.1, 0.15) is 0 Å². The van der Waals surface area contributed by atoms with Crippen LogP contribution in [-0.4, -0.2) is 17.5 Å². The minimum atomic E-state index is -0.711. The summed E-state index contributed by atoms with van der Waals surface area (Å²) in [6.45, 7) is -0.347. The second-order valence-corrected chi connectivity index (χ2v) is 4.96. The number of fused-ring (bicyclic) bond motifs is 1. The SMILES string of the molecule is O=C(COc1cccc2ccccc12)Oc1ccccc1[N+](=O)[O-]. The number of carbonyl (C=O) groups excluding carboxylic acids is 1. The summed E-state index contributed by atoms with van der Waals surface area (Å²) in [5.74, 6) is -0.265. The number of hydrogen-bond acceptors (Lipinski definition) is 5. The molecule has 0 aromatic heterocycles. The molecule has 3 aromatic rings. The van der Waals surface area contributed by atoms with Gasteiger partial charge in [-0.15, -0.1) is 0 Å². The molecule has 0 saturated heterocycles. The molecule has 6 nitrogen and oxygen atoms in total. The summed E-state index contributed by atoms with van der Waals surface area (Å²) < 4.78 is 10.5. The van der Waals surface area contributed by atoms with E-state index in [-0.39, 0.29) is 18.0 Å². The number of ether oxygens (including phenoxy) is 2. The van der Waals surface area contributed by atoms with Gasteiger partial charge in [0.2, 0.25) is 5.75 Å². The van der Waals surface area contributed by atoms with Crippen molar-refractivity contribution in [3.8, 4) is 11.5 Å². The van der Waals surface area contributed by atoms with Crippen molar-refractivity contribution in [2.75, 3.05) is 6.61 Å². The Hall–Kier alpha value is -3.41. The molecule has 0 unspecified atom stereocenters. The Bertz CT molecular complexity index is 901. The molecule has 0 aliphatic heterocycles. The van der Waals surface area contributed by atoms with E-state index in [0.717, 1.165) is 10.8 Å². The van der Waals surface area contributed by atoms with E-state index >= 15 is 0 Å². The predicted molar refractivity (Wildman–Crippen MR) is 88.2 cm³/mol. The van der Waals surface area contributed by atoms with Gasteiger partial charge in [-0.1, -0.05) is 48.5 Å². The van der Waals surface area contributed by atoms with Crippen LogP contribution in [0.2, 0.25) is 0 Å². The highest BCUT2D eigenvalue weighted by atomic mass is 16.6. The van der Waals surface area contributed by atoms with Crippen molar-refractivity contribution < 1.29 is 19.2 Å². The quantitative estimate of drug-likeness (QED) is 0.309. The van der Waals surface area contributed by atoms with Crippen LogP contribution in [0.3, 0.4) is 0 Å². The van der Waals surface area contributed by atoms with E-state index in [9.17, 15) is 14.9 Å². The van der Waals surface area contributed by atoms with Crippen molar-refractivity contribution in [2.45, 2.75) is 0 Å². The van der Waals surface area contributed by atoms with Crippen molar-refractivity contribution >= 4 is 22.4 Å². The zero-order valence-electron chi connectivity index (χ0n) is 12.5. The van der Waals surface area contributed by atoms with Gasteiger partial charge >= 0.3 is 11.7 Å². The third-order valence-electron chi connectivity index (χ3n) is 3.38. The molecule has 0 heterocycles. The Morgan fingerprint density at radius 3 is 2.42 bits per heavy atom. The lowest BCUT2D eigenvalue weighted by molar-refractivity contribution is -0.385. The summed E-state index contributed by atoms with van der Waals surface area (Å²) >= 11 is 0. The number of rotatable bonds is 5. The minimum Gasteiger partial charge on any atom is -0.481 e. The van der Waals surface area contributed by atoms with Crippen molar-refractivity contribution in [3.63, 3.8) is 0 Å². The van der Waals surface area contributed by atoms with Crippen LogP contribution in [0.15, 0.2) is 66.7 Å². The van der Waals surface area contributed by atoms with Crippen LogP contribution in [0.4, 0.5) is 5.69 Å². The number of nitro groups is 1. The molecule has 6 heteroatoms. The maximum absolute atomic E-state index is 11.9. The highest BCUT2D eigenvalue weighted by Gasteiger charge is 2.17. The molecule has 0 saturated carbocycles. The highest BCUT2D eigenvalue weighted by molar-refractivity contribution is 5.88. The van der Waals surface area contributed by atoms with Crippen LogP contribution in [0.25, 0.3) is 10.8 Å². The maximum Gasteiger partial charge on any atom is 0.349 e. The molecule has 0 fully saturated rings. The van der Waals surface area contributed by atoms with Gasteiger partial charge in [0.25, 0.3) is 0 Å². The number of benzene rings is 3. The molecule has 24 heavy (non-hydrogen) atoms. The molecular weight excluding hydrogens is 310 g/mol. The first-order chi connectivity index (χ1) is 11.6. The third kappa shape index (κ3) is 3.33. The van der Waals surface area contributed by atoms with Gasteiger partial charge in [-0.3, -0.25) is 10.1 Å². The molecule has 0 atom stereocenters. The van der Waals surface area contributed by atoms with E-state index < -0.39 is 10.9 Å². The Kier molecular flexibility index (Phi) is 4.38. The molecule has 3 aromatic carbocycles. The fourth-order valence-electron chi connectivity index (χ4n) is 2.30. The summed E-state index contributed by atoms with van der Waals surface area (Å²) in [4.78, 5) is 22.2. The Labute approximate surface area is 137 Å². The standard InChI is InChI=1S/C18H13NO5/c20-18(24-17-10-4-3-9-15(17)19(21)22)12-23-16-11-5-7-13-6-1-2-8-14(13)16/h1-11H,12H2. The Morgan fingerprint density at radius 1 is 0.917 bits per heavy atom. The summed E-state index contributed by atoms with van der Waals surface area (Å²) in [6, 6.07) is 18.8. The van der Waals surface area contributed by atoms with E-state index in [2.05, 4.69) is 0 Å². The molecule has 0 aliphatic rings. The number of nitrogens with zero attached hydrogens (tertiary/aromatic N) is 1. The van der Waals surface area contributed by atoms with E-state index in [4.69, 9.17) is 9.47 Å². The van der Waals surface area contributed by atoms with E-state index in [1.54, 1.807) is 12.1 Å². The number of esters is 1. The molecular formula is C18H13NO5. The summed E-state index contributed by atoms with van der Waals surface area (Å²) in [6.07, 6.45) is 0. The summed E-state index contributed by atoms with van der Waals surface area (Å²) in [5, 5.41) is 12.8. The fraction of sp³-hybridized carbons (Fsp3) is 0.0556. The first-order valence-corrected chi connectivity index (χ1v) is 7.20. The van der Waals surface area contributed by atoms with Crippen molar-refractivity contribution in [2.24, 2.45) is 0 Å². The van der Waals surface area contributed by atoms with Gasteiger partial charge in [-0.25, -0.2) is 4.79 Å². The van der Waals surface area contributed by atoms with E-state index in [1.165, 1.54) is 18.2 Å². The minimum absolute atomic E-state index is 0.103. The van der Waals surface area contributed by atoms with Crippen LogP contribution < -0.4 is 9.47 Å². The average molecular weight is 323 g/mol. The normalized spacial score (nSPS) is 10.3.